The molecule has 2 aliphatic rings. The van der Waals surface area contributed by atoms with E-state index in [1.165, 1.54) is 6.26 Å². The lowest BCUT2D eigenvalue weighted by molar-refractivity contribution is 0.196. The van der Waals surface area contributed by atoms with E-state index >= 15 is 0 Å². The fourth-order valence-corrected chi connectivity index (χ4v) is 4.90. The van der Waals surface area contributed by atoms with E-state index < -0.39 is 10.0 Å². The summed E-state index contributed by atoms with van der Waals surface area (Å²) in [5.41, 5.74) is 1.12. The number of pyridine rings is 1. The second-order valence-electron chi connectivity index (χ2n) is 8.07. The van der Waals surface area contributed by atoms with Gasteiger partial charge in [0.05, 0.1) is 11.9 Å². The lowest BCUT2D eigenvalue weighted by Crippen LogP contribution is -2.50. The van der Waals surface area contributed by atoms with Crippen LogP contribution in [0.5, 0.6) is 0 Å². The molecule has 2 fully saturated rings. The second kappa shape index (κ2) is 12.2. The molecule has 0 saturated carbocycles. The van der Waals surface area contributed by atoms with Gasteiger partial charge >= 0.3 is 0 Å². The molecule has 10 heteroatoms. The lowest BCUT2D eigenvalue weighted by atomic mass is 9.98. The Labute approximate surface area is 198 Å². The average molecular weight is 551 g/mol. The maximum absolute atomic E-state index is 11.6. The molecule has 0 bridgehead atoms. The van der Waals surface area contributed by atoms with Gasteiger partial charge in [0.15, 0.2) is 5.96 Å². The topological polar surface area (TPSA) is 89.9 Å². The van der Waals surface area contributed by atoms with Crippen LogP contribution >= 0.6 is 24.0 Å². The summed E-state index contributed by atoms with van der Waals surface area (Å²) in [6.07, 6.45) is 7.09. The minimum Gasteiger partial charge on any atom is -0.356 e. The van der Waals surface area contributed by atoms with E-state index in [-0.39, 0.29) is 24.0 Å². The van der Waals surface area contributed by atoms with Crippen LogP contribution in [0.15, 0.2) is 29.4 Å². The van der Waals surface area contributed by atoms with Crippen LogP contribution in [0.3, 0.4) is 0 Å². The van der Waals surface area contributed by atoms with Crippen LogP contribution < -0.4 is 10.6 Å². The quantitative estimate of drug-likeness (QED) is 0.317. The van der Waals surface area contributed by atoms with Crippen molar-refractivity contribution in [3.05, 3.63) is 30.1 Å². The molecule has 8 nitrogen and oxygen atoms in total. The Morgan fingerprint density at radius 3 is 2.43 bits per heavy atom. The van der Waals surface area contributed by atoms with E-state index in [4.69, 9.17) is 0 Å². The van der Waals surface area contributed by atoms with E-state index in [0.717, 1.165) is 63.5 Å². The van der Waals surface area contributed by atoms with Crippen molar-refractivity contribution in [3.63, 3.8) is 0 Å². The van der Waals surface area contributed by atoms with Gasteiger partial charge in [0.1, 0.15) is 0 Å². The van der Waals surface area contributed by atoms with Gasteiger partial charge in [-0.1, -0.05) is 6.07 Å². The number of hydrogen-bond donors (Lipinski definition) is 2. The number of hydrogen-bond acceptors (Lipinski definition) is 5. The van der Waals surface area contributed by atoms with Crippen molar-refractivity contribution >= 4 is 40.0 Å². The number of aromatic nitrogens is 1. The van der Waals surface area contributed by atoms with Crippen molar-refractivity contribution in [3.8, 4) is 0 Å². The van der Waals surface area contributed by atoms with Gasteiger partial charge in [-0.25, -0.2) is 12.7 Å². The first kappa shape index (κ1) is 25.3. The Morgan fingerprint density at radius 1 is 1.17 bits per heavy atom. The Bertz CT molecular complexity index is 761. The molecule has 3 rings (SSSR count). The average Bonchev–Trinajstić information content (AvgIpc) is 2.73. The number of piperidine rings is 2. The summed E-state index contributed by atoms with van der Waals surface area (Å²) in [4.78, 5) is 11.2. The van der Waals surface area contributed by atoms with Crippen molar-refractivity contribution in [2.45, 2.75) is 38.3 Å². The molecule has 30 heavy (non-hydrogen) atoms. The monoisotopic (exact) mass is 550 g/mol. The summed E-state index contributed by atoms with van der Waals surface area (Å²) >= 11 is 0. The first-order valence-electron chi connectivity index (χ1n) is 10.5. The highest BCUT2D eigenvalue weighted by Gasteiger charge is 2.25. The summed E-state index contributed by atoms with van der Waals surface area (Å²) < 4.78 is 24.8. The molecule has 2 aliphatic heterocycles. The number of sulfonamides is 1. The van der Waals surface area contributed by atoms with Crippen LogP contribution in [-0.4, -0.2) is 80.6 Å². The van der Waals surface area contributed by atoms with Gasteiger partial charge in [0, 0.05) is 58.6 Å². The fourth-order valence-electron chi connectivity index (χ4n) is 4.03. The normalized spacial score (nSPS) is 20.5. The summed E-state index contributed by atoms with van der Waals surface area (Å²) in [7, 11) is -1.26. The molecule has 1 aromatic heterocycles. The molecule has 0 atom stereocenters. The molecule has 0 amide bonds. The van der Waals surface area contributed by atoms with Gasteiger partial charge < -0.3 is 10.6 Å². The van der Waals surface area contributed by atoms with Gasteiger partial charge in [-0.3, -0.25) is 14.9 Å². The predicted molar refractivity (Wildman–Crippen MR) is 132 cm³/mol. The van der Waals surface area contributed by atoms with Gasteiger partial charge in [-0.2, -0.15) is 0 Å². The molecule has 2 saturated heterocycles. The SMILES string of the molecule is CN=C(NCC1CCN(S(C)(=O)=O)CC1)NC1CCN(Cc2ccccn2)CC1.I. The van der Waals surface area contributed by atoms with Crippen LogP contribution in [0.4, 0.5) is 0 Å². The first-order valence-corrected chi connectivity index (χ1v) is 12.3. The lowest BCUT2D eigenvalue weighted by Gasteiger charge is -2.33. The Hall–Kier alpha value is -0.980. The van der Waals surface area contributed by atoms with E-state index in [9.17, 15) is 8.42 Å². The number of halogens is 1. The van der Waals surface area contributed by atoms with Crippen molar-refractivity contribution in [1.82, 2.24) is 24.8 Å². The highest BCUT2D eigenvalue weighted by Crippen LogP contribution is 2.18. The van der Waals surface area contributed by atoms with Crippen molar-refractivity contribution in [1.29, 1.82) is 0 Å². The van der Waals surface area contributed by atoms with E-state index in [0.29, 0.717) is 25.0 Å². The van der Waals surface area contributed by atoms with E-state index in [1.54, 1.807) is 11.4 Å². The summed E-state index contributed by atoms with van der Waals surface area (Å²) in [6.45, 7) is 5.07. The molecule has 0 spiro atoms. The van der Waals surface area contributed by atoms with Crippen LogP contribution in [0, 0.1) is 5.92 Å². The standard InChI is InChI=1S/C20H34N6O2S.HI/c1-21-20(23-15-17-6-13-26(14-7-17)29(2,27)28)24-18-8-11-25(12-9-18)16-19-5-3-4-10-22-19;/h3-5,10,17-18H,6-9,11-16H2,1-2H3,(H2,21,23,24);1H. The van der Waals surface area contributed by atoms with Crippen molar-refractivity contribution in [2.75, 3.05) is 46.0 Å². The van der Waals surface area contributed by atoms with E-state index in [2.05, 4.69) is 31.6 Å². The number of likely N-dealkylation sites (tertiary alicyclic amines) is 1. The van der Waals surface area contributed by atoms with Gasteiger partial charge in [0.2, 0.25) is 10.0 Å². The molecule has 1 aromatic rings. The highest BCUT2D eigenvalue weighted by molar-refractivity contribution is 14.0. The van der Waals surface area contributed by atoms with Crippen LogP contribution in [0.25, 0.3) is 0 Å². The summed E-state index contributed by atoms with van der Waals surface area (Å²) in [5, 5.41) is 6.99. The molecule has 0 radical (unpaired) electrons. The van der Waals surface area contributed by atoms with Gasteiger partial charge in [-0.05, 0) is 43.7 Å². The predicted octanol–water partition coefficient (Wildman–Crippen LogP) is 1.50. The first-order chi connectivity index (χ1) is 13.9. The maximum Gasteiger partial charge on any atom is 0.211 e. The third-order valence-electron chi connectivity index (χ3n) is 5.86. The Morgan fingerprint density at radius 2 is 1.87 bits per heavy atom. The second-order valence-corrected chi connectivity index (χ2v) is 10.1. The zero-order valence-electron chi connectivity index (χ0n) is 18.0. The summed E-state index contributed by atoms with van der Waals surface area (Å²) in [6, 6.07) is 6.49. The number of rotatable bonds is 6. The van der Waals surface area contributed by atoms with Crippen LogP contribution in [0.1, 0.15) is 31.4 Å². The number of nitrogens with one attached hydrogen (secondary N) is 2. The maximum atomic E-state index is 11.6. The van der Waals surface area contributed by atoms with Crippen LogP contribution in [0.2, 0.25) is 0 Å². The third-order valence-corrected chi connectivity index (χ3v) is 7.17. The van der Waals surface area contributed by atoms with Crippen molar-refractivity contribution < 1.29 is 8.42 Å². The molecular weight excluding hydrogens is 515 g/mol. The number of aliphatic imine (C=N–C) groups is 1. The highest BCUT2D eigenvalue weighted by atomic mass is 127. The van der Waals surface area contributed by atoms with Crippen molar-refractivity contribution in [2.24, 2.45) is 10.9 Å². The fraction of sp³-hybridized carbons (Fsp3) is 0.700. The molecule has 3 heterocycles. The molecule has 0 aliphatic carbocycles. The molecular formula is C20H35IN6O2S. The number of nitrogens with zero attached hydrogens (tertiary/aromatic N) is 4. The molecule has 170 valence electrons. The molecule has 0 unspecified atom stereocenters. The zero-order chi connectivity index (χ0) is 20.7. The van der Waals surface area contributed by atoms with Gasteiger partial charge in [-0.15, -0.1) is 24.0 Å². The van der Waals surface area contributed by atoms with Gasteiger partial charge in [0.25, 0.3) is 0 Å². The van der Waals surface area contributed by atoms with E-state index in [1.807, 2.05) is 18.3 Å². The Kier molecular flexibility index (Phi) is 10.2. The molecule has 0 aromatic carbocycles. The minimum atomic E-state index is -3.06. The minimum absolute atomic E-state index is 0. The third kappa shape index (κ3) is 7.93. The summed E-state index contributed by atoms with van der Waals surface area (Å²) in [5.74, 6) is 1.32. The largest absolute Gasteiger partial charge is 0.356 e. The zero-order valence-corrected chi connectivity index (χ0v) is 21.1. The smallest absolute Gasteiger partial charge is 0.211 e. The van der Waals surface area contributed by atoms with Crippen LogP contribution in [-0.2, 0) is 16.6 Å². The number of guanidine groups is 1. The molecule has 2 N–H and O–H groups in total. The Balaban J connectivity index is 0.00000320.